The summed E-state index contributed by atoms with van der Waals surface area (Å²) in [6.45, 7) is 5.87. The first-order valence-electron chi connectivity index (χ1n) is 6.90. The molecule has 0 aliphatic carbocycles. The molecule has 2 aromatic heterocycles. The SMILES string of the molecule is Cc1cccc(-n2ncc(C(=O)Nc3ncc(C)s3)c2C)c1. The minimum Gasteiger partial charge on any atom is -0.298 e. The van der Waals surface area contributed by atoms with Crippen molar-refractivity contribution in [1.29, 1.82) is 0 Å². The molecule has 5 nitrogen and oxygen atoms in total. The molecular weight excluding hydrogens is 296 g/mol. The van der Waals surface area contributed by atoms with Crippen molar-refractivity contribution in [3.8, 4) is 5.69 Å². The largest absolute Gasteiger partial charge is 0.298 e. The van der Waals surface area contributed by atoms with Gasteiger partial charge in [0.2, 0.25) is 0 Å². The van der Waals surface area contributed by atoms with Crippen LogP contribution < -0.4 is 5.32 Å². The molecule has 0 radical (unpaired) electrons. The van der Waals surface area contributed by atoms with Gasteiger partial charge in [-0.05, 0) is 38.5 Å². The molecule has 0 aliphatic rings. The average molecular weight is 312 g/mol. The number of nitrogens with one attached hydrogen (secondary N) is 1. The van der Waals surface area contributed by atoms with Crippen LogP contribution in [0.5, 0.6) is 0 Å². The second kappa shape index (κ2) is 5.73. The van der Waals surface area contributed by atoms with Crippen LogP contribution in [-0.4, -0.2) is 20.7 Å². The summed E-state index contributed by atoms with van der Waals surface area (Å²) in [4.78, 5) is 17.6. The molecule has 3 aromatic rings. The first-order chi connectivity index (χ1) is 10.5. The van der Waals surface area contributed by atoms with Crippen molar-refractivity contribution >= 4 is 22.4 Å². The van der Waals surface area contributed by atoms with E-state index in [9.17, 15) is 4.79 Å². The molecule has 0 atom stereocenters. The molecule has 0 fully saturated rings. The number of carbonyl (C=O) groups excluding carboxylic acids is 1. The zero-order valence-electron chi connectivity index (χ0n) is 12.6. The molecule has 1 amide bonds. The molecule has 3 rings (SSSR count). The Morgan fingerprint density at radius 3 is 2.73 bits per heavy atom. The van der Waals surface area contributed by atoms with Gasteiger partial charge in [-0.25, -0.2) is 9.67 Å². The Hall–Kier alpha value is -2.47. The summed E-state index contributed by atoms with van der Waals surface area (Å²) in [6, 6.07) is 8.01. The van der Waals surface area contributed by atoms with E-state index in [1.54, 1.807) is 17.1 Å². The van der Waals surface area contributed by atoms with E-state index in [0.29, 0.717) is 10.7 Å². The van der Waals surface area contributed by atoms with Crippen molar-refractivity contribution in [2.45, 2.75) is 20.8 Å². The summed E-state index contributed by atoms with van der Waals surface area (Å²) in [5, 5.41) is 7.75. The first-order valence-corrected chi connectivity index (χ1v) is 7.71. The van der Waals surface area contributed by atoms with Crippen molar-refractivity contribution in [1.82, 2.24) is 14.8 Å². The van der Waals surface area contributed by atoms with Crippen molar-refractivity contribution in [2.24, 2.45) is 0 Å². The molecule has 0 unspecified atom stereocenters. The summed E-state index contributed by atoms with van der Waals surface area (Å²) >= 11 is 1.45. The quantitative estimate of drug-likeness (QED) is 0.805. The van der Waals surface area contributed by atoms with Gasteiger partial charge in [-0.3, -0.25) is 10.1 Å². The van der Waals surface area contributed by atoms with Gasteiger partial charge in [-0.15, -0.1) is 11.3 Å². The lowest BCUT2D eigenvalue weighted by Crippen LogP contribution is -2.12. The predicted molar refractivity (Wildman–Crippen MR) is 87.8 cm³/mol. The topological polar surface area (TPSA) is 59.8 Å². The highest BCUT2D eigenvalue weighted by atomic mass is 32.1. The lowest BCUT2D eigenvalue weighted by Gasteiger charge is -2.06. The van der Waals surface area contributed by atoms with Gasteiger partial charge in [0.05, 0.1) is 23.1 Å². The average Bonchev–Trinajstić information content (AvgIpc) is 3.05. The Balaban J connectivity index is 1.88. The fourth-order valence-electron chi connectivity index (χ4n) is 2.23. The Morgan fingerprint density at radius 1 is 1.23 bits per heavy atom. The summed E-state index contributed by atoms with van der Waals surface area (Å²) in [7, 11) is 0. The fraction of sp³-hybridized carbons (Fsp3) is 0.188. The molecule has 112 valence electrons. The Kier molecular flexibility index (Phi) is 3.77. The normalized spacial score (nSPS) is 10.7. The molecule has 0 aliphatic heterocycles. The smallest absolute Gasteiger partial charge is 0.260 e. The molecule has 0 bridgehead atoms. The van der Waals surface area contributed by atoms with E-state index in [2.05, 4.69) is 15.4 Å². The van der Waals surface area contributed by atoms with Gasteiger partial charge in [0.1, 0.15) is 0 Å². The van der Waals surface area contributed by atoms with Crippen molar-refractivity contribution < 1.29 is 4.79 Å². The number of nitrogens with zero attached hydrogens (tertiary/aromatic N) is 3. The first kappa shape index (κ1) is 14.5. The third kappa shape index (κ3) is 2.78. The van der Waals surface area contributed by atoms with Crippen molar-refractivity contribution in [2.75, 3.05) is 5.32 Å². The molecule has 1 aromatic carbocycles. The number of benzene rings is 1. The fourth-order valence-corrected chi connectivity index (χ4v) is 2.89. The summed E-state index contributed by atoms with van der Waals surface area (Å²) < 4.78 is 1.77. The van der Waals surface area contributed by atoms with E-state index in [-0.39, 0.29) is 5.91 Å². The van der Waals surface area contributed by atoms with E-state index in [1.165, 1.54) is 11.3 Å². The van der Waals surface area contributed by atoms with Gasteiger partial charge in [0.15, 0.2) is 5.13 Å². The number of carbonyl (C=O) groups is 1. The molecule has 0 spiro atoms. The number of rotatable bonds is 3. The van der Waals surface area contributed by atoms with Gasteiger partial charge >= 0.3 is 0 Å². The number of hydrogen-bond donors (Lipinski definition) is 1. The van der Waals surface area contributed by atoms with Crippen LogP contribution in [0.15, 0.2) is 36.7 Å². The van der Waals surface area contributed by atoms with Crippen LogP contribution in [0.25, 0.3) is 5.69 Å². The molecule has 22 heavy (non-hydrogen) atoms. The molecule has 1 N–H and O–H groups in total. The predicted octanol–water partition coefficient (Wildman–Crippen LogP) is 3.51. The van der Waals surface area contributed by atoms with Crippen LogP contribution in [0, 0.1) is 20.8 Å². The number of amides is 1. The number of hydrogen-bond acceptors (Lipinski definition) is 4. The van der Waals surface area contributed by atoms with Gasteiger partial charge < -0.3 is 0 Å². The molecule has 0 saturated carbocycles. The summed E-state index contributed by atoms with van der Waals surface area (Å²) in [5.41, 5.74) is 3.45. The second-order valence-corrected chi connectivity index (χ2v) is 6.36. The van der Waals surface area contributed by atoms with Crippen LogP contribution in [0.3, 0.4) is 0 Å². The third-order valence-electron chi connectivity index (χ3n) is 3.34. The number of aromatic nitrogens is 3. The highest BCUT2D eigenvalue weighted by molar-refractivity contribution is 7.15. The lowest BCUT2D eigenvalue weighted by atomic mass is 10.2. The Morgan fingerprint density at radius 2 is 2.05 bits per heavy atom. The second-order valence-electron chi connectivity index (χ2n) is 5.12. The molecule has 0 saturated heterocycles. The maximum atomic E-state index is 12.4. The van der Waals surface area contributed by atoms with Crippen molar-refractivity contribution in [3.63, 3.8) is 0 Å². The van der Waals surface area contributed by atoms with E-state index in [4.69, 9.17) is 0 Å². The third-order valence-corrected chi connectivity index (χ3v) is 4.17. The van der Waals surface area contributed by atoms with E-state index in [0.717, 1.165) is 21.8 Å². The van der Waals surface area contributed by atoms with Crippen LogP contribution in [0.4, 0.5) is 5.13 Å². The molecular formula is C16H16N4OS. The van der Waals surface area contributed by atoms with Crippen LogP contribution >= 0.6 is 11.3 Å². The highest BCUT2D eigenvalue weighted by Crippen LogP contribution is 2.20. The van der Waals surface area contributed by atoms with Crippen LogP contribution in [0.1, 0.15) is 26.5 Å². The maximum Gasteiger partial charge on any atom is 0.260 e. The minimum absolute atomic E-state index is 0.189. The van der Waals surface area contributed by atoms with E-state index >= 15 is 0 Å². The lowest BCUT2D eigenvalue weighted by molar-refractivity contribution is 0.102. The van der Waals surface area contributed by atoms with E-state index in [1.807, 2.05) is 45.0 Å². The molecule has 2 heterocycles. The Bertz CT molecular complexity index is 834. The van der Waals surface area contributed by atoms with Crippen molar-refractivity contribution in [3.05, 3.63) is 58.4 Å². The monoisotopic (exact) mass is 312 g/mol. The van der Waals surface area contributed by atoms with E-state index < -0.39 is 0 Å². The van der Waals surface area contributed by atoms with Gasteiger partial charge in [-0.1, -0.05) is 12.1 Å². The van der Waals surface area contributed by atoms with Crippen LogP contribution in [0.2, 0.25) is 0 Å². The number of thiazole rings is 1. The molecule has 6 heteroatoms. The summed E-state index contributed by atoms with van der Waals surface area (Å²) in [5.74, 6) is -0.189. The Labute approximate surface area is 132 Å². The standard InChI is InChI=1S/C16H16N4OS/c1-10-5-4-6-13(7-10)20-12(3)14(9-18-20)15(21)19-16-17-8-11(2)22-16/h4-9H,1-3H3,(H,17,19,21). The minimum atomic E-state index is -0.189. The van der Waals surface area contributed by atoms with Gasteiger partial charge in [0, 0.05) is 11.1 Å². The number of anilines is 1. The maximum absolute atomic E-state index is 12.4. The van der Waals surface area contributed by atoms with Gasteiger partial charge in [-0.2, -0.15) is 5.10 Å². The summed E-state index contributed by atoms with van der Waals surface area (Å²) in [6.07, 6.45) is 3.33. The van der Waals surface area contributed by atoms with Gasteiger partial charge in [0.25, 0.3) is 5.91 Å². The van der Waals surface area contributed by atoms with Crippen LogP contribution in [-0.2, 0) is 0 Å². The highest BCUT2D eigenvalue weighted by Gasteiger charge is 2.16. The zero-order chi connectivity index (χ0) is 15.7. The zero-order valence-corrected chi connectivity index (χ0v) is 13.4. The number of aryl methyl sites for hydroxylation is 2.